The zero-order valence-electron chi connectivity index (χ0n) is 8.92. The van der Waals surface area contributed by atoms with E-state index in [0.717, 1.165) is 0 Å². The molecule has 0 atom stereocenters. The van der Waals surface area contributed by atoms with Crippen LogP contribution < -0.4 is 10.6 Å². The van der Waals surface area contributed by atoms with Gasteiger partial charge in [-0.2, -0.15) is 0 Å². The van der Waals surface area contributed by atoms with Crippen LogP contribution in [-0.2, 0) is 4.79 Å². The van der Waals surface area contributed by atoms with Gasteiger partial charge in [0.2, 0.25) is 5.91 Å². The van der Waals surface area contributed by atoms with Crippen LogP contribution in [0.4, 0.5) is 0 Å². The van der Waals surface area contributed by atoms with Crippen LogP contribution in [0.15, 0.2) is 28.7 Å². The Kier molecular flexibility index (Phi) is 4.98. The van der Waals surface area contributed by atoms with Gasteiger partial charge < -0.3 is 10.6 Å². The van der Waals surface area contributed by atoms with Crippen LogP contribution in [0.1, 0.15) is 17.3 Å². The predicted molar refractivity (Wildman–Crippen MR) is 65.2 cm³/mol. The third-order valence-electron chi connectivity index (χ3n) is 1.90. The molecule has 0 heterocycles. The second-order valence-corrected chi connectivity index (χ2v) is 3.97. The molecule has 0 aromatic heterocycles. The molecule has 5 heteroatoms. The lowest BCUT2D eigenvalue weighted by Crippen LogP contribution is -2.36. The molecule has 16 heavy (non-hydrogen) atoms. The van der Waals surface area contributed by atoms with Crippen molar-refractivity contribution in [1.29, 1.82) is 0 Å². The van der Waals surface area contributed by atoms with Crippen molar-refractivity contribution in [3.63, 3.8) is 0 Å². The molecule has 4 nitrogen and oxygen atoms in total. The van der Waals surface area contributed by atoms with Crippen LogP contribution in [0.25, 0.3) is 0 Å². The number of benzene rings is 1. The molecule has 0 saturated carbocycles. The average Bonchev–Trinajstić information content (AvgIpc) is 2.27. The maximum absolute atomic E-state index is 11.7. The molecule has 0 bridgehead atoms. The second kappa shape index (κ2) is 6.27. The number of rotatable bonds is 4. The molecule has 0 radical (unpaired) electrons. The molecule has 86 valence electrons. The molecule has 0 unspecified atom stereocenters. The van der Waals surface area contributed by atoms with Gasteiger partial charge in [-0.1, -0.05) is 12.1 Å². The molecule has 1 aromatic carbocycles. The lowest BCUT2D eigenvalue weighted by Gasteiger charge is -2.06. The molecule has 0 saturated heterocycles. The highest BCUT2D eigenvalue weighted by Gasteiger charge is 2.09. The smallest absolute Gasteiger partial charge is 0.252 e. The fraction of sp³-hybridized carbons (Fsp3) is 0.273. The maximum atomic E-state index is 11.7. The minimum absolute atomic E-state index is 0.00594. The fourth-order valence-electron chi connectivity index (χ4n) is 1.16. The molecule has 1 rings (SSSR count). The quantitative estimate of drug-likeness (QED) is 0.876. The summed E-state index contributed by atoms with van der Waals surface area (Å²) in [7, 11) is 0. The Morgan fingerprint density at radius 2 is 1.94 bits per heavy atom. The molecule has 0 aliphatic heterocycles. The van der Waals surface area contributed by atoms with Crippen molar-refractivity contribution in [3.05, 3.63) is 34.3 Å². The van der Waals surface area contributed by atoms with E-state index in [0.29, 0.717) is 16.6 Å². The first kappa shape index (κ1) is 12.7. The van der Waals surface area contributed by atoms with E-state index in [1.807, 2.05) is 13.0 Å². The highest BCUT2D eigenvalue weighted by Crippen LogP contribution is 2.15. The van der Waals surface area contributed by atoms with E-state index in [9.17, 15) is 9.59 Å². The number of hydrogen-bond donors (Lipinski definition) is 2. The molecule has 0 spiro atoms. The van der Waals surface area contributed by atoms with E-state index in [-0.39, 0.29) is 18.4 Å². The van der Waals surface area contributed by atoms with E-state index in [1.165, 1.54) is 0 Å². The van der Waals surface area contributed by atoms with Gasteiger partial charge >= 0.3 is 0 Å². The first-order valence-electron chi connectivity index (χ1n) is 4.94. The van der Waals surface area contributed by atoms with E-state index in [1.54, 1.807) is 18.2 Å². The summed E-state index contributed by atoms with van der Waals surface area (Å²) in [5.41, 5.74) is 0.520. The Morgan fingerprint density at radius 3 is 2.56 bits per heavy atom. The molecule has 1 aromatic rings. The lowest BCUT2D eigenvalue weighted by molar-refractivity contribution is -0.120. The summed E-state index contributed by atoms with van der Waals surface area (Å²) in [6.07, 6.45) is 0. The van der Waals surface area contributed by atoms with Gasteiger partial charge in [-0.25, -0.2) is 0 Å². The van der Waals surface area contributed by atoms with Crippen LogP contribution in [0.5, 0.6) is 0 Å². The monoisotopic (exact) mass is 284 g/mol. The summed E-state index contributed by atoms with van der Waals surface area (Å²) < 4.78 is 0.711. The van der Waals surface area contributed by atoms with E-state index >= 15 is 0 Å². The Bertz CT molecular complexity index is 393. The number of hydrogen-bond acceptors (Lipinski definition) is 2. The first-order valence-corrected chi connectivity index (χ1v) is 5.74. The van der Waals surface area contributed by atoms with Crippen molar-refractivity contribution in [2.24, 2.45) is 0 Å². The van der Waals surface area contributed by atoms with Crippen molar-refractivity contribution >= 4 is 27.7 Å². The van der Waals surface area contributed by atoms with Crippen LogP contribution in [0, 0.1) is 0 Å². The van der Waals surface area contributed by atoms with Crippen LogP contribution >= 0.6 is 15.9 Å². The summed E-state index contributed by atoms with van der Waals surface area (Å²) in [5.74, 6) is -0.457. The van der Waals surface area contributed by atoms with Gasteiger partial charge in [-0.05, 0) is 35.0 Å². The van der Waals surface area contributed by atoms with Crippen molar-refractivity contribution in [2.45, 2.75) is 6.92 Å². The van der Waals surface area contributed by atoms with Crippen LogP contribution in [-0.4, -0.2) is 24.9 Å². The van der Waals surface area contributed by atoms with Crippen LogP contribution in [0.2, 0.25) is 0 Å². The van der Waals surface area contributed by atoms with Crippen molar-refractivity contribution < 1.29 is 9.59 Å². The number of nitrogens with one attached hydrogen (secondary N) is 2. The summed E-state index contributed by atoms with van der Waals surface area (Å²) in [6, 6.07) is 7.06. The third-order valence-corrected chi connectivity index (χ3v) is 2.59. The Hall–Kier alpha value is -1.36. The fourth-order valence-corrected chi connectivity index (χ4v) is 1.63. The molecular weight excluding hydrogens is 272 g/mol. The van der Waals surface area contributed by atoms with E-state index < -0.39 is 0 Å². The zero-order chi connectivity index (χ0) is 12.0. The first-order chi connectivity index (χ1) is 7.65. The van der Waals surface area contributed by atoms with Crippen molar-refractivity contribution in [3.8, 4) is 0 Å². The number of halogens is 1. The van der Waals surface area contributed by atoms with Crippen molar-refractivity contribution in [1.82, 2.24) is 10.6 Å². The Labute approximate surface area is 103 Å². The number of carbonyl (C=O) groups is 2. The topological polar surface area (TPSA) is 58.2 Å². The minimum atomic E-state index is -0.265. The molecule has 0 aliphatic carbocycles. The lowest BCUT2D eigenvalue weighted by atomic mass is 10.2. The normalized spacial score (nSPS) is 9.62. The number of amides is 2. The standard InChI is InChI=1S/C11H13BrN2O2/c1-2-13-10(15)7-14-11(16)8-5-3-4-6-9(8)12/h3-6H,2,7H2,1H3,(H,13,15)(H,14,16). The SMILES string of the molecule is CCNC(=O)CNC(=O)c1ccccc1Br. The van der Waals surface area contributed by atoms with Crippen LogP contribution in [0.3, 0.4) is 0 Å². The predicted octanol–water partition coefficient (Wildman–Crippen LogP) is 1.31. The van der Waals surface area contributed by atoms with Gasteiger partial charge in [-0.3, -0.25) is 9.59 Å². The molecule has 2 N–H and O–H groups in total. The Morgan fingerprint density at radius 1 is 1.25 bits per heavy atom. The van der Waals surface area contributed by atoms with E-state index in [2.05, 4.69) is 26.6 Å². The summed E-state index contributed by atoms with van der Waals surface area (Å²) >= 11 is 3.27. The van der Waals surface area contributed by atoms with Gasteiger partial charge in [0.15, 0.2) is 0 Å². The maximum Gasteiger partial charge on any atom is 0.252 e. The summed E-state index contributed by atoms with van der Waals surface area (Å²) in [6.45, 7) is 2.38. The average molecular weight is 285 g/mol. The van der Waals surface area contributed by atoms with Gasteiger partial charge in [0.25, 0.3) is 5.91 Å². The highest BCUT2D eigenvalue weighted by molar-refractivity contribution is 9.10. The molecule has 0 fully saturated rings. The minimum Gasteiger partial charge on any atom is -0.355 e. The molecule has 2 amide bonds. The summed E-state index contributed by atoms with van der Waals surface area (Å²) in [5, 5.41) is 5.14. The molecule has 0 aliphatic rings. The number of likely N-dealkylation sites (N-methyl/N-ethyl adjacent to an activating group) is 1. The summed E-state index contributed by atoms with van der Waals surface area (Å²) in [4.78, 5) is 22.8. The van der Waals surface area contributed by atoms with Gasteiger partial charge in [0.1, 0.15) is 0 Å². The Balaban J connectivity index is 2.54. The zero-order valence-corrected chi connectivity index (χ0v) is 10.5. The largest absolute Gasteiger partial charge is 0.355 e. The molecular formula is C11H13BrN2O2. The van der Waals surface area contributed by atoms with Gasteiger partial charge in [-0.15, -0.1) is 0 Å². The third kappa shape index (κ3) is 3.66. The van der Waals surface area contributed by atoms with Gasteiger partial charge in [0, 0.05) is 11.0 Å². The van der Waals surface area contributed by atoms with Gasteiger partial charge in [0.05, 0.1) is 12.1 Å². The highest BCUT2D eigenvalue weighted by atomic mass is 79.9. The number of carbonyl (C=O) groups excluding carboxylic acids is 2. The second-order valence-electron chi connectivity index (χ2n) is 3.12. The van der Waals surface area contributed by atoms with Crippen molar-refractivity contribution in [2.75, 3.05) is 13.1 Å². The van der Waals surface area contributed by atoms with E-state index in [4.69, 9.17) is 0 Å².